The number of methoxy groups -OCH3 is 1. The van der Waals surface area contributed by atoms with Gasteiger partial charge in [-0.25, -0.2) is 0 Å². The Morgan fingerprint density at radius 3 is 2.50 bits per heavy atom. The summed E-state index contributed by atoms with van der Waals surface area (Å²) in [5, 5.41) is 3.01. The van der Waals surface area contributed by atoms with Gasteiger partial charge in [-0.3, -0.25) is 0 Å². The fraction of sp³-hybridized carbons (Fsp3) is 0.571. The molecule has 0 amide bonds. The van der Waals surface area contributed by atoms with E-state index in [0.29, 0.717) is 25.3 Å². The van der Waals surface area contributed by atoms with E-state index < -0.39 is 11.7 Å². The topological polar surface area (TPSA) is 30.5 Å². The summed E-state index contributed by atoms with van der Waals surface area (Å²) in [5.41, 5.74) is -0.179. The number of benzene rings is 1. The molecule has 0 aliphatic rings. The van der Waals surface area contributed by atoms with Gasteiger partial charge in [0.2, 0.25) is 0 Å². The molecular weight excluding hydrogens is 271 g/mol. The van der Waals surface area contributed by atoms with Crippen molar-refractivity contribution in [1.82, 2.24) is 5.32 Å². The normalized spacial score (nSPS) is 11.9. The van der Waals surface area contributed by atoms with Crippen LogP contribution in [0.25, 0.3) is 0 Å². The van der Waals surface area contributed by atoms with Gasteiger partial charge in [0.05, 0.1) is 18.3 Å². The van der Waals surface area contributed by atoms with Gasteiger partial charge in [0.25, 0.3) is 0 Å². The van der Waals surface area contributed by atoms with Crippen molar-refractivity contribution in [3.8, 4) is 5.75 Å². The molecule has 0 saturated heterocycles. The molecule has 0 unspecified atom stereocenters. The van der Waals surface area contributed by atoms with Crippen molar-refractivity contribution in [1.29, 1.82) is 0 Å². The Balaban J connectivity index is 2.85. The summed E-state index contributed by atoms with van der Waals surface area (Å²) >= 11 is 0. The maximum atomic E-state index is 13.0. The average molecular weight is 291 g/mol. The maximum Gasteiger partial charge on any atom is 0.419 e. The zero-order valence-electron chi connectivity index (χ0n) is 11.9. The van der Waals surface area contributed by atoms with Gasteiger partial charge in [-0.15, -0.1) is 0 Å². The van der Waals surface area contributed by atoms with Gasteiger partial charge in [0.1, 0.15) is 5.75 Å². The first-order chi connectivity index (χ1) is 9.34. The first kappa shape index (κ1) is 16.8. The number of nitrogens with one attached hydrogen (secondary N) is 1. The van der Waals surface area contributed by atoms with Crippen molar-refractivity contribution < 1.29 is 22.6 Å². The van der Waals surface area contributed by atoms with E-state index in [2.05, 4.69) is 5.32 Å². The Kier molecular flexibility index (Phi) is 6.29. The molecule has 20 heavy (non-hydrogen) atoms. The predicted molar refractivity (Wildman–Crippen MR) is 70.8 cm³/mol. The van der Waals surface area contributed by atoms with E-state index in [1.165, 1.54) is 6.07 Å². The summed E-state index contributed by atoms with van der Waals surface area (Å²) in [6.07, 6.45) is -4.73. The smallest absolute Gasteiger partial charge is 0.419 e. The van der Waals surface area contributed by atoms with Crippen molar-refractivity contribution in [2.75, 3.05) is 20.3 Å². The zero-order chi connectivity index (χ0) is 15.2. The number of halogens is 3. The molecule has 6 heteroatoms. The van der Waals surface area contributed by atoms with Crippen LogP contribution in [0.4, 0.5) is 13.2 Å². The van der Waals surface area contributed by atoms with Crippen LogP contribution in [-0.4, -0.2) is 26.4 Å². The molecule has 1 N–H and O–H groups in total. The van der Waals surface area contributed by atoms with Gasteiger partial charge in [0, 0.05) is 20.2 Å². The Bertz CT molecular complexity index is 419. The van der Waals surface area contributed by atoms with Crippen LogP contribution in [0.2, 0.25) is 0 Å². The number of hydrogen-bond donors (Lipinski definition) is 1. The Morgan fingerprint density at radius 1 is 1.25 bits per heavy atom. The van der Waals surface area contributed by atoms with Gasteiger partial charge in [0.15, 0.2) is 0 Å². The maximum absolute atomic E-state index is 13.0. The minimum absolute atomic E-state index is 0.131. The molecule has 0 heterocycles. The Hall–Kier alpha value is -1.27. The van der Waals surface area contributed by atoms with E-state index in [1.54, 1.807) is 27.0 Å². The number of hydrogen-bond acceptors (Lipinski definition) is 3. The highest BCUT2D eigenvalue weighted by Crippen LogP contribution is 2.37. The van der Waals surface area contributed by atoms with Crippen LogP contribution in [0.15, 0.2) is 18.2 Å². The van der Waals surface area contributed by atoms with Crippen LogP contribution < -0.4 is 10.1 Å². The second-order valence-electron chi connectivity index (χ2n) is 4.66. The SMILES string of the molecule is COCCNCc1ccc(OC(C)C)c(C(F)(F)F)c1. The summed E-state index contributed by atoms with van der Waals surface area (Å²) in [6.45, 7) is 4.85. The fourth-order valence-corrected chi connectivity index (χ4v) is 1.67. The van der Waals surface area contributed by atoms with Gasteiger partial charge < -0.3 is 14.8 Å². The molecule has 114 valence electrons. The van der Waals surface area contributed by atoms with E-state index >= 15 is 0 Å². The largest absolute Gasteiger partial charge is 0.490 e. The molecule has 0 bridgehead atoms. The minimum Gasteiger partial charge on any atom is -0.490 e. The predicted octanol–water partition coefficient (Wildman–Crippen LogP) is 3.23. The highest BCUT2D eigenvalue weighted by atomic mass is 19.4. The van der Waals surface area contributed by atoms with Crippen LogP contribution in [0.5, 0.6) is 5.75 Å². The lowest BCUT2D eigenvalue weighted by atomic mass is 10.1. The first-order valence-corrected chi connectivity index (χ1v) is 6.41. The van der Waals surface area contributed by atoms with Crippen molar-refractivity contribution in [2.45, 2.75) is 32.7 Å². The quantitative estimate of drug-likeness (QED) is 0.782. The second kappa shape index (κ2) is 7.50. The van der Waals surface area contributed by atoms with Crippen LogP contribution in [-0.2, 0) is 17.5 Å². The lowest BCUT2D eigenvalue weighted by Crippen LogP contribution is -2.19. The van der Waals surface area contributed by atoms with Crippen molar-refractivity contribution in [2.24, 2.45) is 0 Å². The van der Waals surface area contributed by atoms with Crippen LogP contribution in [0.3, 0.4) is 0 Å². The molecule has 1 aromatic rings. The number of alkyl halides is 3. The molecule has 0 aromatic heterocycles. The number of rotatable bonds is 7. The molecule has 0 aliphatic heterocycles. The Labute approximate surface area is 117 Å². The molecule has 0 aliphatic carbocycles. The summed E-state index contributed by atoms with van der Waals surface area (Å²) < 4.78 is 49.1. The highest BCUT2D eigenvalue weighted by Gasteiger charge is 2.34. The standard InChI is InChI=1S/C14H20F3NO2/c1-10(2)20-13-5-4-11(9-18-6-7-19-3)8-12(13)14(15,16)17/h4-5,8,10,18H,6-7,9H2,1-3H3. The van der Waals surface area contributed by atoms with Gasteiger partial charge in [-0.05, 0) is 31.5 Å². The molecule has 0 atom stereocenters. The van der Waals surface area contributed by atoms with Gasteiger partial charge in [-0.2, -0.15) is 13.2 Å². The summed E-state index contributed by atoms with van der Waals surface area (Å²) in [7, 11) is 1.57. The zero-order valence-corrected chi connectivity index (χ0v) is 11.9. The molecule has 0 fully saturated rings. The van der Waals surface area contributed by atoms with Gasteiger partial charge in [-0.1, -0.05) is 6.07 Å². The minimum atomic E-state index is -4.42. The molecule has 0 saturated carbocycles. The van der Waals surface area contributed by atoms with Crippen LogP contribution in [0.1, 0.15) is 25.0 Å². The summed E-state index contributed by atoms with van der Waals surface area (Å²) in [4.78, 5) is 0. The van der Waals surface area contributed by atoms with E-state index in [-0.39, 0.29) is 11.9 Å². The van der Waals surface area contributed by atoms with Crippen LogP contribution >= 0.6 is 0 Å². The van der Waals surface area contributed by atoms with E-state index in [1.807, 2.05) is 0 Å². The second-order valence-corrected chi connectivity index (χ2v) is 4.66. The van der Waals surface area contributed by atoms with Crippen LogP contribution in [0, 0.1) is 0 Å². The fourth-order valence-electron chi connectivity index (χ4n) is 1.67. The van der Waals surface area contributed by atoms with E-state index in [0.717, 1.165) is 6.07 Å². The highest BCUT2D eigenvalue weighted by molar-refractivity contribution is 5.39. The number of ether oxygens (including phenoxy) is 2. The molecular formula is C14H20F3NO2. The molecule has 1 rings (SSSR count). The molecule has 0 radical (unpaired) electrons. The monoisotopic (exact) mass is 291 g/mol. The average Bonchev–Trinajstić information content (AvgIpc) is 2.34. The summed E-state index contributed by atoms with van der Waals surface area (Å²) in [5.74, 6) is -0.131. The van der Waals surface area contributed by atoms with Crippen molar-refractivity contribution in [3.05, 3.63) is 29.3 Å². The Morgan fingerprint density at radius 2 is 1.95 bits per heavy atom. The van der Waals surface area contributed by atoms with E-state index in [9.17, 15) is 13.2 Å². The van der Waals surface area contributed by atoms with Crippen molar-refractivity contribution >= 4 is 0 Å². The summed E-state index contributed by atoms with van der Waals surface area (Å²) in [6, 6.07) is 4.13. The lowest BCUT2D eigenvalue weighted by Gasteiger charge is -2.17. The van der Waals surface area contributed by atoms with Gasteiger partial charge >= 0.3 is 6.18 Å². The lowest BCUT2D eigenvalue weighted by molar-refractivity contribution is -0.139. The first-order valence-electron chi connectivity index (χ1n) is 6.41. The van der Waals surface area contributed by atoms with E-state index in [4.69, 9.17) is 9.47 Å². The third-order valence-corrected chi connectivity index (χ3v) is 2.52. The third kappa shape index (κ3) is 5.38. The molecule has 1 aromatic carbocycles. The third-order valence-electron chi connectivity index (χ3n) is 2.52. The van der Waals surface area contributed by atoms with Crippen molar-refractivity contribution in [3.63, 3.8) is 0 Å². The molecule has 0 spiro atoms. The molecule has 3 nitrogen and oxygen atoms in total.